The SMILES string of the molecule is CC(C)(C)c1cc(/C=C(\C#N)S(=O)(=O)c2ccc(F)cc2F)cc(Br)c1O. The fourth-order valence-corrected chi connectivity index (χ4v) is 4.10. The molecule has 0 saturated carbocycles. The molecule has 2 rings (SSSR count). The normalized spacial score (nSPS) is 12.7. The van der Waals surface area contributed by atoms with Crippen LogP contribution in [0.4, 0.5) is 8.78 Å². The number of rotatable bonds is 3. The van der Waals surface area contributed by atoms with Crippen LogP contribution in [-0.4, -0.2) is 13.5 Å². The van der Waals surface area contributed by atoms with E-state index in [2.05, 4.69) is 15.9 Å². The highest BCUT2D eigenvalue weighted by Gasteiger charge is 2.26. The Bertz CT molecular complexity index is 1080. The first kappa shape index (κ1) is 21.1. The number of benzene rings is 2. The summed E-state index contributed by atoms with van der Waals surface area (Å²) >= 11 is 3.20. The van der Waals surface area contributed by atoms with Gasteiger partial charge in [0, 0.05) is 11.6 Å². The number of aromatic hydroxyl groups is 1. The second kappa shape index (κ2) is 7.41. The van der Waals surface area contributed by atoms with Gasteiger partial charge < -0.3 is 5.11 Å². The smallest absolute Gasteiger partial charge is 0.219 e. The largest absolute Gasteiger partial charge is 0.506 e. The highest BCUT2D eigenvalue weighted by atomic mass is 79.9. The van der Waals surface area contributed by atoms with Crippen LogP contribution in [0.3, 0.4) is 0 Å². The van der Waals surface area contributed by atoms with E-state index >= 15 is 0 Å². The molecular formula is C19H16BrF2NO3S. The standard InChI is InChI=1S/C19H16BrF2NO3S/c1-19(2,3)14-7-11(8-15(20)18(14)24)6-13(10-23)27(25,26)17-5-4-12(21)9-16(17)22/h4-9,24H,1-3H3/b13-6+. The van der Waals surface area contributed by atoms with Crippen LogP contribution in [0.25, 0.3) is 6.08 Å². The quantitative estimate of drug-likeness (QED) is 0.517. The van der Waals surface area contributed by atoms with E-state index < -0.39 is 36.7 Å². The summed E-state index contributed by atoms with van der Waals surface area (Å²) in [5.41, 5.74) is 0.406. The molecule has 4 nitrogen and oxygen atoms in total. The molecule has 0 aromatic heterocycles. The van der Waals surface area contributed by atoms with E-state index in [1.54, 1.807) is 12.1 Å². The van der Waals surface area contributed by atoms with Gasteiger partial charge >= 0.3 is 0 Å². The first-order chi connectivity index (χ1) is 12.4. The highest BCUT2D eigenvalue weighted by molar-refractivity contribution is 9.10. The summed E-state index contributed by atoms with van der Waals surface area (Å²) in [4.78, 5) is -1.49. The van der Waals surface area contributed by atoms with Crippen molar-refractivity contribution in [2.45, 2.75) is 31.1 Å². The van der Waals surface area contributed by atoms with Gasteiger partial charge in [0.2, 0.25) is 9.84 Å². The molecule has 0 radical (unpaired) electrons. The molecule has 0 fully saturated rings. The summed E-state index contributed by atoms with van der Waals surface area (Å²) < 4.78 is 52.5. The van der Waals surface area contributed by atoms with E-state index in [9.17, 15) is 27.6 Å². The number of hydrogen-bond donors (Lipinski definition) is 1. The first-order valence-corrected chi connectivity index (χ1v) is 10.0. The van der Waals surface area contributed by atoms with Crippen LogP contribution in [-0.2, 0) is 15.3 Å². The zero-order valence-corrected chi connectivity index (χ0v) is 17.1. The first-order valence-electron chi connectivity index (χ1n) is 7.73. The number of phenols is 1. The van der Waals surface area contributed by atoms with Crippen molar-refractivity contribution < 1.29 is 22.3 Å². The lowest BCUT2D eigenvalue weighted by Gasteiger charge is -2.21. The maximum atomic E-state index is 13.9. The minimum atomic E-state index is -4.49. The molecule has 0 bridgehead atoms. The molecule has 1 N–H and O–H groups in total. The zero-order chi connectivity index (χ0) is 20.6. The van der Waals surface area contributed by atoms with Gasteiger partial charge in [-0.25, -0.2) is 17.2 Å². The van der Waals surface area contributed by atoms with E-state index in [1.807, 2.05) is 20.8 Å². The minimum absolute atomic E-state index is 0.00518. The molecule has 0 atom stereocenters. The van der Waals surface area contributed by atoms with Crippen LogP contribution < -0.4 is 0 Å². The molecule has 2 aromatic rings. The van der Waals surface area contributed by atoms with Crippen LogP contribution >= 0.6 is 15.9 Å². The van der Waals surface area contributed by atoms with Crippen molar-refractivity contribution in [3.63, 3.8) is 0 Å². The second-order valence-corrected chi connectivity index (χ2v) is 9.59. The Hall–Kier alpha value is -2.24. The lowest BCUT2D eigenvalue weighted by molar-refractivity contribution is 0.443. The molecule has 142 valence electrons. The Labute approximate surface area is 164 Å². The number of halogens is 3. The van der Waals surface area contributed by atoms with Crippen LogP contribution in [0.1, 0.15) is 31.9 Å². The molecule has 0 unspecified atom stereocenters. The topological polar surface area (TPSA) is 78.2 Å². The Balaban J connectivity index is 2.66. The number of nitrogens with zero attached hydrogens (tertiary/aromatic N) is 1. The van der Waals surface area contributed by atoms with Gasteiger partial charge in [0.1, 0.15) is 33.3 Å². The predicted octanol–water partition coefficient (Wildman–Crippen LogP) is 5.07. The van der Waals surface area contributed by atoms with Gasteiger partial charge in [0.25, 0.3) is 0 Å². The average Bonchev–Trinajstić information content (AvgIpc) is 2.53. The molecule has 0 heterocycles. The van der Waals surface area contributed by atoms with Crippen molar-refractivity contribution in [2.24, 2.45) is 0 Å². The number of hydrogen-bond acceptors (Lipinski definition) is 4. The van der Waals surface area contributed by atoms with Crippen molar-refractivity contribution >= 4 is 31.8 Å². The molecular weight excluding hydrogens is 440 g/mol. The van der Waals surface area contributed by atoms with Crippen molar-refractivity contribution in [2.75, 3.05) is 0 Å². The average molecular weight is 456 g/mol. The van der Waals surface area contributed by atoms with Gasteiger partial charge in [-0.2, -0.15) is 5.26 Å². The number of allylic oxidation sites excluding steroid dienone is 1. The van der Waals surface area contributed by atoms with Crippen LogP contribution in [0.5, 0.6) is 5.75 Å². The summed E-state index contributed by atoms with van der Waals surface area (Å²) in [6.45, 7) is 5.58. The van der Waals surface area contributed by atoms with Crippen molar-refractivity contribution in [3.8, 4) is 11.8 Å². The minimum Gasteiger partial charge on any atom is -0.506 e. The van der Waals surface area contributed by atoms with Gasteiger partial charge in [-0.05, 0) is 57.2 Å². The molecule has 27 heavy (non-hydrogen) atoms. The van der Waals surface area contributed by atoms with Crippen LogP contribution in [0.2, 0.25) is 0 Å². The van der Waals surface area contributed by atoms with E-state index in [0.29, 0.717) is 21.7 Å². The van der Waals surface area contributed by atoms with Gasteiger partial charge in [0.05, 0.1) is 4.47 Å². The molecule has 8 heteroatoms. The molecule has 2 aromatic carbocycles. The highest BCUT2D eigenvalue weighted by Crippen LogP contribution is 2.38. The van der Waals surface area contributed by atoms with Gasteiger partial charge in [-0.3, -0.25) is 0 Å². The lowest BCUT2D eigenvalue weighted by Crippen LogP contribution is -2.12. The van der Waals surface area contributed by atoms with Gasteiger partial charge in [-0.1, -0.05) is 20.8 Å². The third kappa shape index (κ3) is 4.37. The summed E-state index contributed by atoms with van der Waals surface area (Å²) in [7, 11) is -4.49. The molecule has 0 amide bonds. The van der Waals surface area contributed by atoms with E-state index in [4.69, 9.17) is 0 Å². The third-order valence-corrected chi connectivity index (χ3v) is 6.08. The number of phenolic OH excluding ortho intramolecular Hbond substituents is 1. The summed E-state index contributed by atoms with van der Waals surface area (Å²) in [5, 5.41) is 19.5. The van der Waals surface area contributed by atoms with Crippen molar-refractivity contribution in [1.82, 2.24) is 0 Å². The monoisotopic (exact) mass is 455 g/mol. The summed E-state index contributed by atoms with van der Waals surface area (Å²) in [6, 6.07) is 6.57. The fourth-order valence-electron chi connectivity index (χ4n) is 2.41. The predicted molar refractivity (Wildman–Crippen MR) is 102 cm³/mol. The molecule has 0 aliphatic rings. The summed E-state index contributed by atoms with van der Waals surface area (Å²) in [6.07, 6.45) is 1.08. The van der Waals surface area contributed by atoms with Crippen molar-refractivity contribution in [1.29, 1.82) is 5.26 Å². The van der Waals surface area contributed by atoms with E-state index in [0.717, 1.165) is 18.2 Å². The lowest BCUT2D eigenvalue weighted by atomic mass is 9.85. The Morgan fingerprint density at radius 1 is 1.22 bits per heavy atom. The maximum absolute atomic E-state index is 13.9. The third-order valence-electron chi connectivity index (χ3n) is 3.77. The van der Waals surface area contributed by atoms with E-state index in [1.165, 1.54) is 6.07 Å². The molecule has 0 aliphatic heterocycles. The number of sulfone groups is 1. The number of nitriles is 1. The van der Waals surface area contributed by atoms with Crippen LogP contribution in [0, 0.1) is 23.0 Å². The molecule has 0 saturated heterocycles. The van der Waals surface area contributed by atoms with Gasteiger partial charge in [-0.15, -0.1) is 0 Å². The van der Waals surface area contributed by atoms with Gasteiger partial charge in [0.15, 0.2) is 0 Å². The van der Waals surface area contributed by atoms with Crippen molar-refractivity contribution in [3.05, 3.63) is 62.5 Å². The van der Waals surface area contributed by atoms with E-state index in [-0.39, 0.29) is 5.75 Å². The maximum Gasteiger partial charge on any atom is 0.219 e. The zero-order valence-electron chi connectivity index (χ0n) is 14.7. The van der Waals surface area contributed by atoms with Crippen LogP contribution in [0.15, 0.2) is 44.6 Å². The molecule has 0 spiro atoms. The fraction of sp³-hybridized carbons (Fsp3) is 0.211. The second-order valence-electron chi connectivity index (χ2n) is 6.85. The summed E-state index contributed by atoms with van der Waals surface area (Å²) in [5.74, 6) is -2.20. The Kier molecular flexibility index (Phi) is 5.78. The Morgan fingerprint density at radius 2 is 1.85 bits per heavy atom. The molecule has 0 aliphatic carbocycles. The Morgan fingerprint density at radius 3 is 2.37 bits per heavy atom.